The maximum atomic E-state index is 12.4. The summed E-state index contributed by atoms with van der Waals surface area (Å²) in [4.78, 5) is 33.9. The largest absolute Gasteiger partial charge is 0.354 e. The maximum absolute atomic E-state index is 12.4. The molecule has 108 valence electrons. The fourth-order valence-electron chi connectivity index (χ4n) is 2.33. The number of hydrogen-bond acceptors (Lipinski definition) is 4. The molecule has 0 saturated heterocycles. The van der Waals surface area contributed by atoms with Crippen molar-refractivity contribution in [3.8, 4) is 0 Å². The van der Waals surface area contributed by atoms with Crippen LogP contribution in [0.3, 0.4) is 0 Å². The molecule has 7 nitrogen and oxygen atoms in total. The maximum Gasteiger partial charge on any atom is 0.271 e. The molecule has 2 amide bonds. The number of nitrogens with zero attached hydrogens (tertiary/aromatic N) is 4. The van der Waals surface area contributed by atoms with Gasteiger partial charge in [-0.2, -0.15) is 0 Å². The summed E-state index contributed by atoms with van der Waals surface area (Å²) in [6.45, 7) is 1.61. The molecule has 0 unspecified atom stereocenters. The van der Waals surface area contributed by atoms with Gasteiger partial charge in [0.2, 0.25) is 0 Å². The molecule has 0 aromatic carbocycles. The van der Waals surface area contributed by atoms with Crippen molar-refractivity contribution in [2.45, 2.75) is 13.1 Å². The van der Waals surface area contributed by atoms with Gasteiger partial charge in [0.25, 0.3) is 11.8 Å². The van der Waals surface area contributed by atoms with Gasteiger partial charge in [0.15, 0.2) is 0 Å². The average Bonchev–Trinajstić information content (AvgIpc) is 2.97. The predicted octanol–water partition coefficient (Wildman–Crippen LogP) is 0.294. The first-order valence-corrected chi connectivity index (χ1v) is 6.66. The minimum atomic E-state index is -0.220. The average molecular weight is 285 g/mol. The molecule has 0 fully saturated rings. The van der Waals surface area contributed by atoms with Crippen molar-refractivity contribution in [1.82, 2.24) is 24.8 Å². The van der Waals surface area contributed by atoms with Crippen molar-refractivity contribution >= 4 is 11.8 Å². The summed E-state index contributed by atoms with van der Waals surface area (Å²) < 4.78 is 1.91. The minimum absolute atomic E-state index is 0.0705. The van der Waals surface area contributed by atoms with Crippen molar-refractivity contribution < 1.29 is 9.59 Å². The lowest BCUT2D eigenvalue weighted by atomic mass is 10.2. The highest BCUT2D eigenvalue weighted by atomic mass is 16.2. The Kier molecular flexibility index (Phi) is 3.39. The van der Waals surface area contributed by atoms with Gasteiger partial charge in [0, 0.05) is 38.7 Å². The molecule has 3 rings (SSSR count). The number of fused-ring (bicyclic) bond motifs is 1. The van der Waals surface area contributed by atoms with Gasteiger partial charge in [0.1, 0.15) is 11.5 Å². The Morgan fingerprint density at radius 3 is 2.90 bits per heavy atom. The van der Waals surface area contributed by atoms with Gasteiger partial charge in [-0.3, -0.25) is 14.6 Å². The van der Waals surface area contributed by atoms with Gasteiger partial charge >= 0.3 is 0 Å². The van der Waals surface area contributed by atoms with E-state index in [0.717, 1.165) is 5.82 Å². The molecular weight excluding hydrogens is 270 g/mol. The van der Waals surface area contributed by atoms with Crippen LogP contribution in [0.5, 0.6) is 0 Å². The molecule has 0 spiro atoms. The minimum Gasteiger partial charge on any atom is -0.354 e. The zero-order valence-electron chi connectivity index (χ0n) is 11.6. The van der Waals surface area contributed by atoms with Crippen LogP contribution in [0.15, 0.2) is 30.7 Å². The van der Waals surface area contributed by atoms with E-state index in [1.807, 2.05) is 4.57 Å². The first kappa shape index (κ1) is 13.3. The van der Waals surface area contributed by atoms with E-state index in [1.165, 1.54) is 0 Å². The molecule has 0 radical (unpaired) electrons. The molecule has 0 bridgehead atoms. The van der Waals surface area contributed by atoms with Crippen molar-refractivity contribution in [3.05, 3.63) is 47.8 Å². The monoisotopic (exact) mass is 285 g/mol. The van der Waals surface area contributed by atoms with Gasteiger partial charge in [0.05, 0.1) is 12.1 Å². The van der Waals surface area contributed by atoms with E-state index in [1.54, 1.807) is 42.7 Å². The fraction of sp³-hybridized carbons (Fsp3) is 0.286. The summed E-state index contributed by atoms with van der Waals surface area (Å²) >= 11 is 0. The van der Waals surface area contributed by atoms with E-state index < -0.39 is 0 Å². The van der Waals surface area contributed by atoms with E-state index in [0.29, 0.717) is 30.9 Å². The Labute approximate surface area is 121 Å². The van der Waals surface area contributed by atoms with Crippen LogP contribution in [0.4, 0.5) is 0 Å². The second-order valence-corrected chi connectivity index (χ2v) is 4.78. The fourth-order valence-corrected chi connectivity index (χ4v) is 2.33. The first-order chi connectivity index (χ1) is 10.2. The Hall–Kier alpha value is -2.70. The van der Waals surface area contributed by atoms with Crippen molar-refractivity contribution in [2.75, 3.05) is 13.6 Å². The van der Waals surface area contributed by atoms with Gasteiger partial charge in [-0.05, 0) is 12.1 Å². The second kappa shape index (κ2) is 5.35. The lowest BCUT2D eigenvalue weighted by Gasteiger charge is -2.27. The number of pyridine rings is 1. The lowest BCUT2D eigenvalue weighted by molar-refractivity contribution is 0.0707. The molecule has 0 atom stereocenters. The Bertz CT molecular complexity index is 680. The van der Waals surface area contributed by atoms with Crippen LogP contribution >= 0.6 is 0 Å². The van der Waals surface area contributed by atoms with Gasteiger partial charge in [-0.1, -0.05) is 0 Å². The quantitative estimate of drug-likeness (QED) is 0.860. The van der Waals surface area contributed by atoms with Crippen LogP contribution in [0.2, 0.25) is 0 Å². The SMILES string of the molecule is CNC(=O)c1cn2c(n1)CN(C(=O)c1cccnc1)CC2. The third-order valence-electron chi connectivity index (χ3n) is 3.46. The molecule has 7 heteroatoms. The van der Waals surface area contributed by atoms with Crippen LogP contribution in [0.1, 0.15) is 26.7 Å². The summed E-state index contributed by atoms with van der Waals surface area (Å²) in [5, 5.41) is 2.55. The van der Waals surface area contributed by atoms with Gasteiger partial charge in [-0.15, -0.1) is 0 Å². The number of hydrogen-bond donors (Lipinski definition) is 1. The molecule has 0 saturated carbocycles. The number of imidazole rings is 1. The van der Waals surface area contributed by atoms with E-state index in [2.05, 4.69) is 15.3 Å². The standard InChI is InChI=1S/C14H15N5O2/c1-15-13(20)11-8-18-5-6-19(9-12(18)17-11)14(21)10-3-2-4-16-7-10/h2-4,7-8H,5-6,9H2,1H3,(H,15,20). The summed E-state index contributed by atoms with van der Waals surface area (Å²) in [5.41, 5.74) is 0.937. The van der Waals surface area contributed by atoms with Gasteiger partial charge < -0.3 is 14.8 Å². The zero-order valence-corrected chi connectivity index (χ0v) is 11.6. The number of nitrogens with one attached hydrogen (secondary N) is 1. The van der Waals surface area contributed by atoms with E-state index in [9.17, 15) is 9.59 Å². The molecule has 1 aliphatic rings. The van der Waals surface area contributed by atoms with Crippen LogP contribution in [-0.4, -0.2) is 44.8 Å². The third kappa shape index (κ3) is 2.49. The summed E-state index contributed by atoms with van der Waals surface area (Å²) in [6.07, 6.45) is 4.91. The molecule has 0 aliphatic carbocycles. The van der Waals surface area contributed by atoms with Crippen molar-refractivity contribution in [1.29, 1.82) is 0 Å². The van der Waals surface area contributed by atoms with E-state index in [-0.39, 0.29) is 11.8 Å². The number of carbonyl (C=O) groups is 2. The third-order valence-corrected chi connectivity index (χ3v) is 3.46. The highest BCUT2D eigenvalue weighted by Crippen LogP contribution is 2.15. The topological polar surface area (TPSA) is 80.1 Å². The Morgan fingerprint density at radius 2 is 2.19 bits per heavy atom. The predicted molar refractivity (Wildman–Crippen MR) is 74.6 cm³/mol. The van der Waals surface area contributed by atoms with Gasteiger partial charge in [-0.25, -0.2) is 4.98 Å². The second-order valence-electron chi connectivity index (χ2n) is 4.78. The van der Waals surface area contributed by atoms with Crippen LogP contribution in [0.25, 0.3) is 0 Å². The lowest BCUT2D eigenvalue weighted by Crippen LogP contribution is -2.38. The van der Waals surface area contributed by atoms with Crippen LogP contribution in [-0.2, 0) is 13.1 Å². The van der Waals surface area contributed by atoms with Crippen LogP contribution < -0.4 is 5.32 Å². The first-order valence-electron chi connectivity index (χ1n) is 6.66. The molecule has 1 aliphatic heterocycles. The number of rotatable bonds is 2. The highest BCUT2D eigenvalue weighted by Gasteiger charge is 2.24. The highest BCUT2D eigenvalue weighted by molar-refractivity contribution is 5.94. The molecule has 3 heterocycles. The zero-order chi connectivity index (χ0) is 14.8. The Balaban J connectivity index is 1.80. The van der Waals surface area contributed by atoms with E-state index in [4.69, 9.17) is 0 Å². The molecule has 2 aromatic rings. The molecule has 2 aromatic heterocycles. The summed E-state index contributed by atoms with van der Waals surface area (Å²) in [5.74, 6) is 0.429. The summed E-state index contributed by atoms with van der Waals surface area (Å²) in [7, 11) is 1.57. The number of carbonyl (C=O) groups excluding carboxylic acids is 2. The number of amides is 2. The molecular formula is C14H15N5O2. The normalized spacial score (nSPS) is 13.7. The van der Waals surface area contributed by atoms with E-state index >= 15 is 0 Å². The number of aromatic nitrogens is 3. The molecule has 1 N–H and O–H groups in total. The van der Waals surface area contributed by atoms with Crippen LogP contribution in [0, 0.1) is 0 Å². The molecule has 21 heavy (non-hydrogen) atoms. The van der Waals surface area contributed by atoms with Crippen molar-refractivity contribution in [3.63, 3.8) is 0 Å². The van der Waals surface area contributed by atoms with Crippen molar-refractivity contribution in [2.24, 2.45) is 0 Å². The summed E-state index contributed by atoms with van der Waals surface area (Å²) in [6, 6.07) is 3.48. The Morgan fingerprint density at radius 1 is 1.33 bits per heavy atom. The smallest absolute Gasteiger partial charge is 0.271 e.